The summed E-state index contributed by atoms with van der Waals surface area (Å²) in [6.07, 6.45) is 67.6. The molecule has 0 aliphatic heterocycles. The molecule has 0 spiro atoms. The first-order valence-corrected chi connectivity index (χ1v) is 27.6. The van der Waals surface area contributed by atoms with Crippen LogP contribution < -0.4 is 5.73 Å². The number of phosphoric ester groups is 1. The highest BCUT2D eigenvalue weighted by Crippen LogP contribution is 2.43. The predicted octanol–water partition coefficient (Wildman–Crippen LogP) is 16.4. The van der Waals surface area contributed by atoms with Crippen molar-refractivity contribution in [2.24, 2.45) is 5.73 Å². The van der Waals surface area contributed by atoms with Crippen LogP contribution in [0.2, 0.25) is 0 Å². The van der Waals surface area contributed by atoms with Gasteiger partial charge in [0, 0.05) is 19.6 Å². The van der Waals surface area contributed by atoms with E-state index in [2.05, 4.69) is 98.9 Å². The van der Waals surface area contributed by atoms with Gasteiger partial charge < -0.3 is 20.1 Å². The van der Waals surface area contributed by atoms with E-state index in [1.807, 2.05) is 0 Å². The van der Waals surface area contributed by atoms with Crippen LogP contribution in [-0.2, 0) is 27.9 Å². The number of carbonyl (C=O) groups excluding carboxylic acids is 1. The van der Waals surface area contributed by atoms with Crippen molar-refractivity contribution in [3.8, 4) is 0 Å². The van der Waals surface area contributed by atoms with Crippen LogP contribution in [0.4, 0.5) is 0 Å². The van der Waals surface area contributed by atoms with E-state index >= 15 is 0 Å². The zero-order chi connectivity index (χ0) is 46.5. The second-order valence-electron chi connectivity index (χ2n) is 17.0. The van der Waals surface area contributed by atoms with Crippen LogP contribution >= 0.6 is 7.82 Å². The number of hydrogen-bond donors (Lipinski definition) is 2. The van der Waals surface area contributed by atoms with Crippen molar-refractivity contribution in [2.75, 3.05) is 33.0 Å². The van der Waals surface area contributed by atoms with Crippen LogP contribution in [-0.4, -0.2) is 49.9 Å². The van der Waals surface area contributed by atoms with Crippen LogP contribution in [0.15, 0.2) is 85.1 Å². The normalized spacial score (nSPS) is 14.0. The van der Waals surface area contributed by atoms with Gasteiger partial charge in [-0.25, -0.2) is 4.57 Å². The summed E-state index contributed by atoms with van der Waals surface area (Å²) >= 11 is 0. The second kappa shape index (κ2) is 51.7. The molecule has 2 unspecified atom stereocenters. The largest absolute Gasteiger partial charge is 0.472 e. The molecular weight excluding hydrogens is 818 g/mol. The molecular formula is C55H98NO7P. The fourth-order valence-electron chi connectivity index (χ4n) is 7.00. The van der Waals surface area contributed by atoms with Crippen LogP contribution in [0, 0.1) is 0 Å². The molecule has 0 bridgehead atoms. The third kappa shape index (κ3) is 50.7. The molecule has 2 atom stereocenters. The smallest absolute Gasteiger partial charge is 0.457 e. The van der Waals surface area contributed by atoms with Gasteiger partial charge in [-0.2, -0.15) is 0 Å². The summed E-state index contributed by atoms with van der Waals surface area (Å²) in [4.78, 5) is 22.6. The third-order valence-electron chi connectivity index (χ3n) is 10.8. The Balaban J connectivity index is 4.02. The quantitative estimate of drug-likeness (QED) is 0.0268. The first-order valence-electron chi connectivity index (χ1n) is 26.1. The molecule has 0 aliphatic carbocycles. The van der Waals surface area contributed by atoms with Crippen LogP contribution in [0.25, 0.3) is 0 Å². The molecule has 0 aromatic carbocycles. The van der Waals surface area contributed by atoms with Gasteiger partial charge in [0.05, 0.1) is 19.8 Å². The highest BCUT2D eigenvalue weighted by atomic mass is 31.2. The molecule has 0 aromatic heterocycles. The van der Waals surface area contributed by atoms with E-state index in [0.717, 1.165) is 83.5 Å². The third-order valence-corrected chi connectivity index (χ3v) is 11.8. The van der Waals surface area contributed by atoms with Crippen LogP contribution in [0.5, 0.6) is 0 Å². The maximum Gasteiger partial charge on any atom is 0.472 e. The summed E-state index contributed by atoms with van der Waals surface area (Å²) in [6, 6.07) is 0. The summed E-state index contributed by atoms with van der Waals surface area (Å²) in [5, 5.41) is 0. The van der Waals surface area contributed by atoms with E-state index in [-0.39, 0.29) is 38.8 Å². The van der Waals surface area contributed by atoms with Crippen molar-refractivity contribution in [1.29, 1.82) is 0 Å². The maximum atomic E-state index is 12.7. The maximum absolute atomic E-state index is 12.7. The number of nitrogens with two attached hydrogens (primary N) is 1. The number of unbranched alkanes of at least 4 members (excludes halogenated alkanes) is 22. The molecule has 3 N–H and O–H groups in total. The zero-order valence-electron chi connectivity index (χ0n) is 41.2. The van der Waals surface area contributed by atoms with Gasteiger partial charge >= 0.3 is 13.8 Å². The minimum Gasteiger partial charge on any atom is -0.457 e. The lowest BCUT2D eigenvalue weighted by molar-refractivity contribution is -0.154. The summed E-state index contributed by atoms with van der Waals surface area (Å²) in [7, 11) is -4.30. The average molecular weight is 916 g/mol. The molecule has 8 nitrogen and oxygen atoms in total. The Morgan fingerprint density at radius 3 is 1.33 bits per heavy atom. The first-order chi connectivity index (χ1) is 31.4. The van der Waals surface area contributed by atoms with E-state index in [4.69, 9.17) is 24.3 Å². The van der Waals surface area contributed by atoms with Crippen molar-refractivity contribution in [1.82, 2.24) is 0 Å². The van der Waals surface area contributed by atoms with Gasteiger partial charge in [-0.15, -0.1) is 0 Å². The molecule has 9 heteroatoms. The van der Waals surface area contributed by atoms with Gasteiger partial charge in [0.2, 0.25) is 0 Å². The Morgan fingerprint density at radius 2 is 0.875 bits per heavy atom. The monoisotopic (exact) mass is 916 g/mol. The highest BCUT2D eigenvalue weighted by Gasteiger charge is 2.25. The van der Waals surface area contributed by atoms with Gasteiger partial charge in [-0.1, -0.05) is 208 Å². The van der Waals surface area contributed by atoms with E-state index in [0.29, 0.717) is 6.61 Å². The molecule has 0 amide bonds. The number of hydrogen-bond acceptors (Lipinski definition) is 7. The van der Waals surface area contributed by atoms with Crippen LogP contribution in [0.1, 0.15) is 219 Å². The minimum absolute atomic E-state index is 0.0916. The molecule has 0 saturated heterocycles. The summed E-state index contributed by atoms with van der Waals surface area (Å²) in [5.41, 5.74) is 5.39. The molecule has 64 heavy (non-hydrogen) atoms. The van der Waals surface area contributed by atoms with Gasteiger partial charge in [0.1, 0.15) is 6.10 Å². The van der Waals surface area contributed by atoms with Gasteiger partial charge in [0.15, 0.2) is 0 Å². The lowest BCUT2D eigenvalue weighted by atomic mass is 10.1. The standard InChI is InChI=1S/C55H98NO7P/c1-3-5-7-9-11-13-15-17-19-21-23-25-27-28-30-32-34-36-38-40-42-44-46-48-55(57)63-54(53-62-64(58,59)61-51-49-56)52-60-50-47-45-43-41-39-37-35-33-31-29-26-24-22-20-18-16-14-12-10-8-6-4-2/h5,7,11,13,17,19,22-25,28,30,34,36,54H,3-4,6,8-10,12,14-16,18,20-21,26-27,29,31-33,35,37-53,56H2,1-2H3,(H,58,59)/b7-5-,13-11-,19-17-,24-22-,25-23-,30-28-,36-34-. The van der Waals surface area contributed by atoms with E-state index in [1.54, 1.807) is 0 Å². The number of esters is 1. The lowest BCUT2D eigenvalue weighted by Crippen LogP contribution is -2.28. The highest BCUT2D eigenvalue weighted by molar-refractivity contribution is 7.47. The number of rotatable bonds is 49. The van der Waals surface area contributed by atoms with Gasteiger partial charge in [0.25, 0.3) is 0 Å². The number of ether oxygens (including phenoxy) is 2. The Kier molecular flexibility index (Phi) is 49.8. The number of carbonyl (C=O) groups is 1. The van der Waals surface area contributed by atoms with Crippen molar-refractivity contribution < 1.29 is 32.8 Å². The Hall–Kier alpha value is -2.32. The molecule has 0 fully saturated rings. The average Bonchev–Trinajstić information content (AvgIpc) is 3.29. The number of allylic oxidation sites excluding steroid dienone is 14. The summed E-state index contributed by atoms with van der Waals surface area (Å²) in [6.45, 7) is 4.78. The second-order valence-corrected chi connectivity index (χ2v) is 18.5. The van der Waals surface area contributed by atoms with Crippen molar-refractivity contribution >= 4 is 13.8 Å². The first kappa shape index (κ1) is 61.7. The molecule has 0 saturated carbocycles. The lowest BCUT2D eigenvalue weighted by Gasteiger charge is -2.20. The molecule has 0 aromatic rings. The predicted molar refractivity (Wildman–Crippen MR) is 275 cm³/mol. The van der Waals surface area contributed by atoms with Crippen molar-refractivity contribution in [3.05, 3.63) is 85.1 Å². The van der Waals surface area contributed by atoms with Crippen LogP contribution in [0.3, 0.4) is 0 Å². The molecule has 0 rings (SSSR count). The Labute approximate surface area is 394 Å². The minimum atomic E-state index is -4.30. The summed E-state index contributed by atoms with van der Waals surface area (Å²) < 4.78 is 33.6. The number of phosphoric acid groups is 1. The molecule has 0 heterocycles. The molecule has 0 aliphatic rings. The van der Waals surface area contributed by atoms with Crippen molar-refractivity contribution in [2.45, 2.75) is 225 Å². The Bertz CT molecular complexity index is 1260. The molecule has 370 valence electrons. The SMILES string of the molecule is CC/C=C\C/C=C\C/C=C\C/C=C\C/C=C\C/C=C\CCCCCCC(=O)OC(COCCCCCCCCCCCC/C=C\CCCCCCCCCC)COP(=O)(O)OCCN. The van der Waals surface area contributed by atoms with E-state index in [9.17, 15) is 14.3 Å². The van der Waals surface area contributed by atoms with Crippen molar-refractivity contribution in [3.63, 3.8) is 0 Å². The van der Waals surface area contributed by atoms with Gasteiger partial charge in [-0.05, 0) is 89.9 Å². The van der Waals surface area contributed by atoms with E-state index < -0.39 is 13.9 Å². The fourth-order valence-corrected chi connectivity index (χ4v) is 7.76. The van der Waals surface area contributed by atoms with Gasteiger partial charge in [-0.3, -0.25) is 13.8 Å². The summed E-state index contributed by atoms with van der Waals surface area (Å²) in [5.74, 6) is -0.356. The van der Waals surface area contributed by atoms with E-state index in [1.165, 1.54) is 116 Å². The topological polar surface area (TPSA) is 117 Å². The Morgan fingerprint density at radius 1 is 0.484 bits per heavy atom. The fraction of sp³-hybridized carbons (Fsp3) is 0.727. The molecule has 0 radical (unpaired) electrons. The zero-order valence-corrected chi connectivity index (χ0v) is 42.1.